The average molecular weight is 386 g/mol. The number of rotatable bonds is 7. The molecular formula is C16H23N3O4S2. The third-order valence-corrected chi connectivity index (χ3v) is 6.59. The van der Waals surface area contributed by atoms with Crippen LogP contribution in [0.3, 0.4) is 0 Å². The van der Waals surface area contributed by atoms with Gasteiger partial charge in [0.1, 0.15) is 0 Å². The van der Waals surface area contributed by atoms with E-state index in [0.29, 0.717) is 25.3 Å². The van der Waals surface area contributed by atoms with Crippen molar-refractivity contribution in [1.29, 1.82) is 0 Å². The van der Waals surface area contributed by atoms with E-state index in [0.717, 1.165) is 18.6 Å². The number of hydrogen-bond donors (Lipinski definition) is 2. The van der Waals surface area contributed by atoms with Gasteiger partial charge in [-0.3, -0.25) is 20.4 Å². The molecule has 1 aliphatic rings. The minimum atomic E-state index is -3.58. The van der Waals surface area contributed by atoms with Crippen molar-refractivity contribution in [2.24, 2.45) is 0 Å². The highest BCUT2D eigenvalue weighted by atomic mass is 32.2. The van der Waals surface area contributed by atoms with E-state index < -0.39 is 15.9 Å². The second kappa shape index (κ2) is 9.21. The van der Waals surface area contributed by atoms with Crippen LogP contribution in [0.2, 0.25) is 0 Å². The van der Waals surface area contributed by atoms with Crippen LogP contribution in [-0.4, -0.2) is 49.1 Å². The van der Waals surface area contributed by atoms with Crippen molar-refractivity contribution in [1.82, 2.24) is 15.2 Å². The first kappa shape index (κ1) is 19.7. The Balaban J connectivity index is 1.98. The summed E-state index contributed by atoms with van der Waals surface area (Å²) in [5.74, 6) is 0.782. The van der Waals surface area contributed by atoms with Crippen molar-refractivity contribution in [3.8, 4) is 0 Å². The molecule has 25 heavy (non-hydrogen) atoms. The van der Waals surface area contributed by atoms with Crippen LogP contribution in [0.4, 0.5) is 0 Å². The van der Waals surface area contributed by atoms with Gasteiger partial charge in [-0.25, -0.2) is 8.42 Å². The lowest BCUT2D eigenvalue weighted by atomic mass is 10.2. The zero-order valence-electron chi connectivity index (χ0n) is 14.2. The molecule has 138 valence electrons. The van der Waals surface area contributed by atoms with Gasteiger partial charge in [0.2, 0.25) is 15.9 Å². The lowest BCUT2D eigenvalue weighted by Gasteiger charge is -2.16. The molecule has 7 nitrogen and oxygen atoms in total. The van der Waals surface area contributed by atoms with Crippen molar-refractivity contribution < 1.29 is 18.0 Å². The third kappa shape index (κ3) is 5.45. The minimum absolute atomic E-state index is 0.0905. The highest BCUT2D eigenvalue weighted by molar-refractivity contribution is 7.99. The monoisotopic (exact) mass is 385 g/mol. The summed E-state index contributed by atoms with van der Waals surface area (Å²) in [6.07, 6.45) is 2.01. The number of amides is 2. The number of carbonyl (C=O) groups is 2. The zero-order chi connectivity index (χ0) is 18.3. The summed E-state index contributed by atoms with van der Waals surface area (Å²) >= 11 is 1.64. The number of nitrogens with zero attached hydrogens (tertiary/aromatic N) is 1. The molecule has 1 heterocycles. The van der Waals surface area contributed by atoms with Crippen molar-refractivity contribution in [2.75, 3.05) is 24.6 Å². The average Bonchev–Trinajstić information content (AvgIpc) is 3.15. The molecule has 1 fully saturated rings. The van der Waals surface area contributed by atoms with Gasteiger partial charge in [-0.15, -0.1) is 0 Å². The molecular weight excluding hydrogens is 362 g/mol. The molecule has 1 aliphatic heterocycles. The van der Waals surface area contributed by atoms with Crippen molar-refractivity contribution in [2.45, 2.75) is 31.1 Å². The number of hydrazine groups is 1. The summed E-state index contributed by atoms with van der Waals surface area (Å²) in [6, 6.07) is 5.85. The quantitative estimate of drug-likeness (QED) is 0.546. The lowest BCUT2D eigenvalue weighted by molar-refractivity contribution is -0.121. The van der Waals surface area contributed by atoms with Crippen LogP contribution in [0.25, 0.3) is 0 Å². The smallest absolute Gasteiger partial charge is 0.269 e. The van der Waals surface area contributed by atoms with Gasteiger partial charge < -0.3 is 0 Å². The largest absolute Gasteiger partial charge is 0.273 e. The summed E-state index contributed by atoms with van der Waals surface area (Å²) in [4.78, 5) is 23.8. The number of nitrogens with one attached hydrogen (secondary N) is 2. The van der Waals surface area contributed by atoms with Crippen LogP contribution < -0.4 is 10.9 Å². The molecule has 1 saturated heterocycles. The first-order valence-corrected chi connectivity index (χ1v) is 10.8. The predicted octanol–water partition coefficient (Wildman–Crippen LogP) is 1.38. The predicted molar refractivity (Wildman–Crippen MR) is 97.7 cm³/mol. The maximum atomic E-state index is 12.5. The van der Waals surface area contributed by atoms with Crippen molar-refractivity contribution in [3.05, 3.63) is 29.8 Å². The first-order valence-electron chi connectivity index (χ1n) is 8.22. The Hall–Kier alpha value is -1.58. The van der Waals surface area contributed by atoms with E-state index in [2.05, 4.69) is 10.9 Å². The number of hydrogen-bond acceptors (Lipinski definition) is 5. The Kier molecular flexibility index (Phi) is 7.27. The highest BCUT2D eigenvalue weighted by Crippen LogP contribution is 2.21. The summed E-state index contributed by atoms with van der Waals surface area (Å²) in [5, 5.41) is 0. The molecule has 0 bridgehead atoms. The van der Waals surface area contributed by atoms with Crippen molar-refractivity contribution >= 4 is 33.6 Å². The van der Waals surface area contributed by atoms with Gasteiger partial charge in [0.25, 0.3) is 5.91 Å². The molecule has 2 N–H and O–H groups in total. The van der Waals surface area contributed by atoms with Crippen LogP contribution in [0.5, 0.6) is 0 Å². The van der Waals surface area contributed by atoms with E-state index in [4.69, 9.17) is 0 Å². The summed E-state index contributed by atoms with van der Waals surface area (Å²) in [7, 11) is -3.58. The molecule has 0 saturated carbocycles. The third-order valence-electron chi connectivity index (χ3n) is 3.79. The molecule has 9 heteroatoms. The molecule has 0 atom stereocenters. The van der Waals surface area contributed by atoms with E-state index in [-0.39, 0.29) is 16.4 Å². The molecule has 2 amide bonds. The molecule has 1 aromatic rings. The topological polar surface area (TPSA) is 95.6 Å². The van der Waals surface area contributed by atoms with Gasteiger partial charge in [-0.05, 0) is 36.8 Å². The normalized spacial score (nSPS) is 15.1. The van der Waals surface area contributed by atoms with Crippen LogP contribution in [0, 0.1) is 0 Å². The van der Waals surface area contributed by atoms with Gasteiger partial charge in [-0.1, -0.05) is 13.0 Å². The second-order valence-electron chi connectivity index (χ2n) is 5.59. The van der Waals surface area contributed by atoms with E-state index in [1.54, 1.807) is 11.8 Å². The number of benzene rings is 1. The van der Waals surface area contributed by atoms with Gasteiger partial charge >= 0.3 is 0 Å². The maximum absolute atomic E-state index is 12.5. The van der Waals surface area contributed by atoms with Crippen LogP contribution in [-0.2, 0) is 14.8 Å². The fourth-order valence-corrected chi connectivity index (χ4v) is 4.63. The zero-order valence-corrected chi connectivity index (χ0v) is 15.8. The highest BCUT2D eigenvalue weighted by Gasteiger charge is 2.27. The molecule has 2 rings (SSSR count). The fraction of sp³-hybridized carbons (Fsp3) is 0.500. The fourth-order valence-electron chi connectivity index (χ4n) is 2.45. The number of carbonyl (C=O) groups excluding carboxylic acids is 2. The van der Waals surface area contributed by atoms with Crippen LogP contribution in [0.15, 0.2) is 29.2 Å². The first-order chi connectivity index (χ1) is 11.9. The summed E-state index contributed by atoms with van der Waals surface area (Å²) < 4.78 is 26.5. The maximum Gasteiger partial charge on any atom is 0.269 e. The van der Waals surface area contributed by atoms with Crippen LogP contribution in [0.1, 0.15) is 36.5 Å². The molecule has 0 radical (unpaired) electrons. The van der Waals surface area contributed by atoms with Crippen LogP contribution >= 0.6 is 11.8 Å². The van der Waals surface area contributed by atoms with Gasteiger partial charge in [0.05, 0.1) is 4.90 Å². The standard InChI is InChI=1S/C16H23N3O4S2/c1-2-24-11-8-15(20)17-18-16(21)13-6-5-7-14(12-13)25(22,23)19-9-3-4-10-19/h5-7,12H,2-4,8-11H2,1H3,(H,17,20)(H,18,21). The SMILES string of the molecule is CCSCCC(=O)NNC(=O)c1cccc(S(=O)(=O)N2CCCC2)c1. The second-order valence-corrected chi connectivity index (χ2v) is 8.92. The van der Waals surface area contributed by atoms with Gasteiger partial charge in [0, 0.05) is 30.8 Å². The van der Waals surface area contributed by atoms with E-state index in [1.807, 2.05) is 6.92 Å². The van der Waals surface area contributed by atoms with E-state index >= 15 is 0 Å². The molecule has 0 aliphatic carbocycles. The molecule has 0 aromatic heterocycles. The van der Waals surface area contributed by atoms with Crippen molar-refractivity contribution in [3.63, 3.8) is 0 Å². The minimum Gasteiger partial charge on any atom is -0.273 e. The molecule has 0 spiro atoms. The molecule has 1 aromatic carbocycles. The number of thioether (sulfide) groups is 1. The Morgan fingerprint density at radius 1 is 1.20 bits per heavy atom. The van der Waals surface area contributed by atoms with Gasteiger partial charge in [0.15, 0.2) is 0 Å². The Morgan fingerprint density at radius 2 is 1.92 bits per heavy atom. The lowest BCUT2D eigenvalue weighted by Crippen LogP contribution is -2.41. The molecule has 0 unspecified atom stereocenters. The summed E-state index contributed by atoms with van der Waals surface area (Å²) in [5.41, 5.74) is 4.84. The Labute approximate surface area is 152 Å². The summed E-state index contributed by atoms with van der Waals surface area (Å²) in [6.45, 7) is 3.02. The Bertz CT molecular complexity index is 716. The van der Waals surface area contributed by atoms with Gasteiger partial charge in [-0.2, -0.15) is 16.1 Å². The van der Waals surface area contributed by atoms with E-state index in [9.17, 15) is 18.0 Å². The Morgan fingerprint density at radius 3 is 2.60 bits per heavy atom. The van der Waals surface area contributed by atoms with E-state index in [1.165, 1.54) is 28.6 Å². The number of sulfonamides is 1.